The zero-order valence-electron chi connectivity index (χ0n) is 16.6. The van der Waals surface area contributed by atoms with Crippen molar-refractivity contribution < 1.29 is 19.1 Å². The molecule has 7 nitrogen and oxygen atoms in total. The number of hydrogen-bond donors (Lipinski definition) is 1. The predicted molar refractivity (Wildman–Crippen MR) is 111 cm³/mol. The predicted octanol–water partition coefficient (Wildman–Crippen LogP) is 3.72. The Hall–Kier alpha value is -3.87. The number of carbonyl (C=O) groups excluding carboxylic acids is 1. The monoisotopic (exact) mass is 404 g/mol. The Balaban J connectivity index is 1.57. The van der Waals surface area contributed by atoms with Crippen LogP contribution in [-0.2, 0) is 17.9 Å². The first-order valence-corrected chi connectivity index (χ1v) is 9.43. The summed E-state index contributed by atoms with van der Waals surface area (Å²) in [6.45, 7) is 4.04. The highest BCUT2D eigenvalue weighted by molar-refractivity contribution is 5.92. The number of phenolic OH excluding ortho intramolecular Hbond substituents is 1. The Morgan fingerprint density at radius 2 is 1.90 bits per heavy atom. The summed E-state index contributed by atoms with van der Waals surface area (Å²) in [5.41, 5.74) is 2.93. The number of esters is 1. The first-order valence-electron chi connectivity index (χ1n) is 9.43. The van der Waals surface area contributed by atoms with Gasteiger partial charge in [0.25, 0.3) is 0 Å². The molecular formula is C23H20N2O5. The van der Waals surface area contributed by atoms with Crippen molar-refractivity contribution in [2.24, 2.45) is 0 Å². The molecule has 0 aliphatic heterocycles. The number of hydrogen-bond acceptors (Lipinski definition) is 6. The van der Waals surface area contributed by atoms with Crippen molar-refractivity contribution in [3.63, 3.8) is 0 Å². The van der Waals surface area contributed by atoms with Crippen LogP contribution in [0.1, 0.15) is 32.9 Å². The summed E-state index contributed by atoms with van der Waals surface area (Å²) in [5, 5.41) is 14.7. The lowest BCUT2D eigenvalue weighted by Crippen LogP contribution is -2.10. The van der Waals surface area contributed by atoms with E-state index in [1.54, 1.807) is 17.7 Å². The van der Waals surface area contributed by atoms with E-state index >= 15 is 0 Å². The number of fused-ring (bicyclic) bond motifs is 1. The number of benzene rings is 2. The fourth-order valence-corrected chi connectivity index (χ4v) is 3.46. The summed E-state index contributed by atoms with van der Waals surface area (Å²) >= 11 is 0. The Kier molecular flexibility index (Phi) is 5.10. The molecule has 0 atom stereocenters. The number of rotatable bonds is 5. The SMILES string of the molecule is Cc1nn(Cc2ccccc2)c(C)c1C(=O)OCc1cc(=O)oc2cc(O)ccc12. The van der Waals surface area contributed by atoms with Crippen molar-refractivity contribution in [2.75, 3.05) is 0 Å². The van der Waals surface area contributed by atoms with Gasteiger partial charge in [0.15, 0.2) is 0 Å². The van der Waals surface area contributed by atoms with Gasteiger partial charge in [0.1, 0.15) is 23.5 Å². The van der Waals surface area contributed by atoms with Crippen LogP contribution in [0, 0.1) is 13.8 Å². The van der Waals surface area contributed by atoms with Crippen molar-refractivity contribution in [3.8, 4) is 5.75 Å². The zero-order chi connectivity index (χ0) is 21.3. The van der Waals surface area contributed by atoms with E-state index < -0.39 is 11.6 Å². The van der Waals surface area contributed by atoms with E-state index in [1.165, 1.54) is 18.2 Å². The molecule has 4 rings (SSSR count). The maximum absolute atomic E-state index is 12.8. The third kappa shape index (κ3) is 3.82. The van der Waals surface area contributed by atoms with Gasteiger partial charge in [-0.3, -0.25) is 4.68 Å². The number of aromatic nitrogens is 2. The molecule has 0 unspecified atom stereocenters. The first-order chi connectivity index (χ1) is 14.4. The second-order valence-corrected chi connectivity index (χ2v) is 7.04. The molecule has 0 saturated carbocycles. The van der Waals surface area contributed by atoms with E-state index in [2.05, 4.69) is 5.10 Å². The minimum atomic E-state index is -0.581. The fourth-order valence-electron chi connectivity index (χ4n) is 3.46. The summed E-state index contributed by atoms with van der Waals surface area (Å²) in [4.78, 5) is 24.6. The van der Waals surface area contributed by atoms with Crippen molar-refractivity contribution in [3.05, 3.63) is 93.1 Å². The average molecular weight is 404 g/mol. The maximum Gasteiger partial charge on any atom is 0.342 e. The smallest absolute Gasteiger partial charge is 0.342 e. The highest BCUT2D eigenvalue weighted by Gasteiger charge is 2.21. The van der Waals surface area contributed by atoms with Gasteiger partial charge >= 0.3 is 11.6 Å². The summed E-state index contributed by atoms with van der Waals surface area (Å²) in [6, 6.07) is 15.6. The van der Waals surface area contributed by atoms with Crippen LogP contribution in [-0.4, -0.2) is 20.9 Å². The number of aryl methyl sites for hydroxylation is 1. The van der Waals surface area contributed by atoms with Crippen molar-refractivity contribution in [2.45, 2.75) is 27.0 Å². The van der Waals surface area contributed by atoms with Gasteiger partial charge in [-0.2, -0.15) is 5.10 Å². The summed E-state index contributed by atoms with van der Waals surface area (Å²) < 4.78 is 12.4. The van der Waals surface area contributed by atoms with Gasteiger partial charge < -0.3 is 14.3 Å². The number of nitrogens with zero attached hydrogens (tertiary/aromatic N) is 2. The van der Waals surface area contributed by atoms with Gasteiger partial charge in [0.05, 0.1) is 17.9 Å². The molecule has 0 radical (unpaired) electrons. The molecule has 152 valence electrons. The average Bonchev–Trinajstić information content (AvgIpc) is 2.99. The molecule has 7 heteroatoms. The van der Waals surface area contributed by atoms with Crippen LogP contribution < -0.4 is 5.63 Å². The number of carbonyl (C=O) groups is 1. The van der Waals surface area contributed by atoms with Crippen LogP contribution in [0.2, 0.25) is 0 Å². The summed E-state index contributed by atoms with van der Waals surface area (Å²) in [7, 11) is 0. The van der Waals surface area contributed by atoms with Crippen LogP contribution in [0.5, 0.6) is 5.75 Å². The van der Waals surface area contributed by atoms with Crippen LogP contribution >= 0.6 is 0 Å². The Labute approximate surface area is 172 Å². The van der Waals surface area contributed by atoms with Crippen LogP contribution in [0.25, 0.3) is 11.0 Å². The lowest BCUT2D eigenvalue weighted by Gasteiger charge is -2.08. The molecule has 30 heavy (non-hydrogen) atoms. The Morgan fingerprint density at radius 1 is 1.13 bits per heavy atom. The molecule has 1 N–H and O–H groups in total. The van der Waals surface area contributed by atoms with Crippen molar-refractivity contribution in [1.82, 2.24) is 9.78 Å². The summed E-state index contributed by atoms with van der Waals surface area (Å²) in [6.07, 6.45) is 0. The highest BCUT2D eigenvalue weighted by Crippen LogP contribution is 2.23. The van der Waals surface area contributed by atoms with Gasteiger partial charge in [0.2, 0.25) is 0 Å². The van der Waals surface area contributed by atoms with E-state index in [1.807, 2.05) is 37.3 Å². The van der Waals surface area contributed by atoms with Crippen molar-refractivity contribution in [1.29, 1.82) is 0 Å². The molecule has 2 aromatic heterocycles. The van der Waals surface area contributed by atoms with E-state index in [0.29, 0.717) is 34.4 Å². The Morgan fingerprint density at radius 3 is 2.67 bits per heavy atom. The van der Waals surface area contributed by atoms with Gasteiger partial charge in [-0.25, -0.2) is 9.59 Å². The van der Waals surface area contributed by atoms with Crippen LogP contribution in [0.4, 0.5) is 0 Å². The van der Waals surface area contributed by atoms with Gasteiger partial charge in [0, 0.05) is 23.1 Å². The second-order valence-electron chi connectivity index (χ2n) is 7.04. The van der Waals surface area contributed by atoms with Crippen molar-refractivity contribution >= 4 is 16.9 Å². The molecule has 2 heterocycles. The molecular weight excluding hydrogens is 384 g/mol. The third-order valence-corrected chi connectivity index (χ3v) is 4.93. The third-order valence-electron chi connectivity index (χ3n) is 4.93. The normalized spacial score (nSPS) is 11.0. The van der Waals surface area contributed by atoms with E-state index in [0.717, 1.165) is 5.56 Å². The molecule has 4 aromatic rings. The van der Waals surface area contributed by atoms with Gasteiger partial charge in [-0.05, 0) is 31.5 Å². The van der Waals surface area contributed by atoms with Gasteiger partial charge in [-0.15, -0.1) is 0 Å². The number of aromatic hydroxyl groups is 1. The summed E-state index contributed by atoms with van der Waals surface area (Å²) in [5.74, 6) is -0.527. The topological polar surface area (TPSA) is 94.6 Å². The van der Waals surface area contributed by atoms with E-state index in [-0.39, 0.29) is 17.9 Å². The largest absolute Gasteiger partial charge is 0.508 e. The number of ether oxygens (including phenoxy) is 1. The fraction of sp³-hybridized carbons (Fsp3) is 0.174. The standard InChI is InChI=1S/C23H20N2O5/c1-14-22(15(2)25(24-14)12-16-6-4-3-5-7-16)23(28)29-13-17-10-21(27)30-20-11-18(26)8-9-19(17)20/h3-11,26H,12-13H2,1-2H3. The van der Waals surface area contributed by atoms with Crippen LogP contribution in [0.3, 0.4) is 0 Å². The molecule has 0 aliphatic carbocycles. The molecule has 0 saturated heterocycles. The highest BCUT2D eigenvalue weighted by atomic mass is 16.5. The zero-order valence-corrected chi connectivity index (χ0v) is 16.6. The van der Waals surface area contributed by atoms with E-state index in [9.17, 15) is 14.7 Å². The van der Waals surface area contributed by atoms with E-state index in [4.69, 9.17) is 9.15 Å². The lowest BCUT2D eigenvalue weighted by atomic mass is 10.1. The van der Waals surface area contributed by atoms with Crippen LogP contribution in [0.15, 0.2) is 63.8 Å². The van der Waals surface area contributed by atoms with Gasteiger partial charge in [-0.1, -0.05) is 30.3 Å². The Bertz CT molecular complexity index is 1290. The maximum atomic E-state index is 12.8. The molecule has 2 aromatic carbocycles. The minimum absolute atomic E-state index is 0.0168. The first kappa shape index (κ1) is 19.4. The number of phenols is 1. The second kappa shape index (κ2) is 7.87. The molecule has 0 spiro atoms. The lowest BCUT2D eigenvalue weighted by molar-refractivity contribution is 0.0472. The molecule has 0 amide bonds. The minimum Gasteiger partial charge on any atom is -0.508 e. The molecule has 0 fully saturated rings. The molecule has 0 aliphatic rings. The quantitative estimate of drug-likeness (QED) is 0.402. The molecule has 0 bridgehead atoms.